The molecule has 1 heterocycles. The van der Waals surface area contributed by atoms with Gasteiger partial charge >= 0.3 is 5.97 Å². The van der Waals surface area contributed by atoms with Gasteiger partial charge in [0.15, 0.2) is 0 Å². The summed E-state index contributed by atoms with van der Waals surface area (Å²) in [4.78, 5) is 18.3. The number of anilines is 1. The van der Waals surface area contributed by atoms with Crippen molar-refractivity contribution in [1.82, 2.24) is 9.97 Å². The lowest BCUT2D eigenvalue weighted by atomic mass is 10.3. The fraction of sp³-hybridized carbons (Fsp3) is 0.444. The van der Waals surface area contributed by atoms with Crippen molar-refractivity contribution in [2.45, 2.75) is 6.42 Å². The Hall–Kier alpha value is -1.69. The fourth-order valence-electron chi connectivity index (χ4n) is 1.05. The van der Waals surface area contributed by atoms with Crippen molar-refractivity contribution in [3.05, 3.63) is 18.1 Å². The number of carbonyl (C=O) groups is 1. The average molecular weight is 211 g/mol. The van der Waals surface area contributed by atoms with Crippen molar-refractivity contribution in [3.8, 4) is 0 Å². The lowest BCUT2D eigenvalue weighted by Crippen LogP contribution is -2.11. The zero-order valence-corrected chi connectivity index (χ0v) is 8.43. The summed E-state index contributed by atoms with van der Waals surface area (Å²) in [5.41, 5.74) is 0.0786. The van der Waals surface area contributed by atoms with Crippen LogP contribution in [0.4, 0.5) is 5.82 Å². The summed E-state index contributed by atoms with van der Waals surface area (Å²) >= 11 is 0. The first-order valence-electron chi connectivity index (χ1n) is 4.52. The second-order valence-electron chi connectivity index (χ2n) is 2.86. The molecule has 0 bridgehead atoms. The second kappa shape index (κ2) is 5.92. The molecule has 1 aromatic rings. The molecular formula is C9H13N3O3. The fourth-order valence-corrected chi connectivity index (χ4v) is 1.05. The number of hydrogen-bond acceptors (Lipinski definition) is 5. The molecule has 0 radical (unpaired) electrons. The molecule has 6 heteroatoms. The molecule has 15 heavy (non-hydrogen) atoms. The van der Waals surface area contributed by atoms with E-state index in [9.17, 15) is 4.79 Å². The van der Waals surface area contributed by atoms with Crippen molar-refractivity contribution in [2.75, 3.05) is 25.6 Å². The Labute approximate surface area is 87.3 Å². The highest BCUT2D eigenvalue weighted by molar-refractivity contribution is 5.92. The minimum absolute atomic E-state index is 0.0786. The van der Waals surface area contributed by atoms with Gasteiger partial charge in [-0.2, -0.15) is 0 Å². The molecule has 0 aliphatic rings. The molecule has 0 aliphatic heterocycles. The Balaban J connectivity index is 2.56. The Morgan fingerprint density at radius 1 is 1.67 bits per heavy atom. The maximum atomic E-state index is 10.8. The van der Waals surface area contributed by atoms with E-state index in [0.717, 1.165) is 6.42 Å². The molecule has 0 spiro atoms. The third-order valence-corrected chi connectivity index (χ3v) is 1.76. The van der Waals surface area contributed by atoms with Gasteiger partial charge in [-0.3, -0.25) is 0 Å². The number of nitrogens with zero attached hydrogens (tertiary/aromatic N) is 2. The first kappa shape index (κ1) is 11.4. The molecule has 6 nitrogen and oxygen atoms in total. The Bertz CT molecular complexity index is 330. The number of carboxylic acids is 1. The first-order valence-corrected chi connectivity index (χ1v) is 4.52. The van der Waals surface area contributed by atoms with E-state index in [1.165, 1.54) is 12.5 Å². The maximum absolute atomic E-state index is 10.8. The molecule has 0 unspecified atom stereocenters. The summed E-state index contributed by atoms with van der Waals surface area (Å²) in [6.07, 6.45) is 3.37. The van der Waals surface area contributed by atoms with E-state index in [-0.39, 0.29) is 5.56 Å². The molecule has 82 valence electrons. The van der Waals surface area contributed by atoms with E-state index in [1.54, 1.807) is 7.11 Å². The third kappa shape index (κ3) is 3.51. The van der Waals surface area contributed by atoms with Crippen molar-refractivity contribution in [2.24, 2.45) is 0 Å². The van der Waals surface area contributed by atoms with Crippen LogP contribution in [0.2, 0.25) is 0 Å². The van der Waals surface area contributed by atoms with Crippen molar-refractivity contribution >= 4 is 11.8 Å². The molecule has 2 N–H and O–H groups in total. The normalized spacial score (nSPS) is 9.93. The minimum atomic E-state index is -1.04. The van der Waals surface area contributed by atoms with E-state index >= 15 is 0 Å². The summed E-state index contributed by atoms with van der Waals surface area (Å²) in [6.45, 7) is 1.24. The van der Waals surface area contributed by atoms with E-state index in [4.69, 9.17) is 9.84 Å². The number of hydrogen-bond donors (Lipinski definition) is 2. The number of nitrogens with one attached hydrogen (secondary N) is 1. The van der Waals surface area contributed by atoms with Gasteiger partial charge in [-0.05, 0) is 6.42 Å². The lowest BCUT2D eigenvalue weighted by Gasteiger charge is -2.06. The highest BCUT2D eigenvalue weighted by Gasteiger charge is 2.10. The van der Waals surface area contributed by atoms with Crippen molar-refractivity contribution < 1.29 is 14.6 Å². The number of methoxy groups -OCH3 is 1. The Morgan fingerprint density at radius 3 is 3.13 bits per heavy atom. The van der Waals surface area contributed by atoms with Crippen LogP contribution < -0.4 is 5.32 Å². The Kier molecular flexibility index (Phi) is 4.49. The van der Waals surface area contributed by atoms with Gasteiger partial charge in [-0.25, -0.2) is 14.8 Å². The van der Waals surface area contributed by atoms with Crippen LogP contribution in [0.25, 0.3) is 0 Å². The number of rotatable bonds is 6. The van der Waals surface area contributed by atoms with E-state index in [1.807, 2.05) is 0 Å². The second-order valence-corrected chi connectivity index (χ2v) is 2.86. The molecule has 0 fully saturated rings. The molecule has 1 rings (SSSR count). The highest BCUT2D eigenvalue weighted by atomic mass is 16.5. The van der Waals surface area contributed by atoms with Crippen LogP contribution >= 0.6 is 0 Å². The molecule has 0 aliphatic carbocycles. The number of ether oxygens (including phenoxy) is 1. The molecule has 0 saturated carbocycles. The van der Waals surface area contributed by atoms with E-state index in [0.29, 0.717) is 19.0 Å². The van der Waals surface area contributed by atoms with Crippen LogP contribution in [-0.2, 0) is 4.74 Å². The molecule has 0 atom stereocenters. The molecular weight excluding hydrogens is 198 g/mol. The van der Waals surface area contributed by atoms with Gasteiger partial charge in [0.25, 0.3) is 0 Å². The summed E-state index contributed by atoms with van der Waals surface area (Å²) < 4.78 is 4.87. The topological polar surface area (TPSA) is 84.3 Å². The van der Waals surface area contributed by atoms with Crippen molar-refractivity contribution in [3.63, 3.8) is 0 Å². The van der Waals surface area contributed by atoms with E-state index < -0.39 is 5.97 Å². The molecule has 1 aromatic heterocycles. The van der Waals surface area contributed by atoms with Crippen LogP contribution in [0.15, 0.2) is 12.5 Å². The zero-order valence-electron chi connectivity index (χ0n) is 8.43. The minimum Gasteiger partial charge on any atom is -0.477 e. The van der Waals surface area contributed by atoms with Crippen LogP contribution in [0.5, 0.6) is 0 Å². The van der Waals surface area contributed by atoms with Crippen LogP contribution in [-0.4, -0.2) is 41.3 Å². The maximum Gasteiger partial charge on any atom is 0.341 e. The van der Waals surface area contributed by atoms with Gasteiger partial charge < -0.3 is 15.2 Å². The summed E-state index contributed by atoms with van der Waals surface area (Å²) in [6, 6.07) is 0. The molecule has 0 saturated heterocycles. The van der Waals surface area contributed by atoms with Crippen LogP contribution in [0, 0.1) is 0 Å². The van der Waals surface area contributed by atoms with Crippen LogP contribution in [0.1, 0.15) is 16.8 Å². The zero-order chi connectivity index (χ0) is 11.1. The predicted octanol–water partition coefficient (Wildman–Crippen LogP) is 0.623. The first-order chi connectivity index (χ1) is 7.25. The molecule has 0 aromatic carbocycles. The molecule has 0 amide bonds. The predicted molar refractivity (Wildman–Crippen MR) is 54.0 cm³/mol. The van der Waals surface area contributed by atoms with Crippen molar-refractivity contribution in [1.29, 1.82) is 0 Å². The highest BCUT2D eigenvalue weighted by Crippen LogP contribution is 2.09. The SMILES string of the molecule is COCCCNc1ncncc1C(=O)O. The average Bonchev–Trinajstić information content (AvgIpc) is 2.25. The standard InChI is InChI=1S/C9H13N3O3/c1-15-4-2-3-11-8-7(9(13)14)5-10-6-12-8/h5-6H,2-4H2,1H3,(H,13,14)(H,10,11,12). The van der Waals surface area contributed by atoms with Crippen LogP contribution in [0.3, 0.4) is 0 Å². The summed E-state index contributed by atoms with van der Waals surface area (Å²) in [5.74, 6) is -0.696. The number of aromatic nitrogens is 2. The Morgan fingerprint density at radius 2 is 2.47 bits per heavy atom. The monoisotopic (exact) mass is 211 g/mol. The smallest absolute Gasteiger partial charge is 0.341 e. The van der Waals surface area contributed by atoms with Gasteiger partial charge in [-0.1, -0.05) is 0 Å². The van der Waals surface area contributed by atoms with E-state index in [2.05, 4.69) is 15.3 Å². The summed E-state index contributed by atoms with van der Waals surface area (Å²) in [5, 5.41) is 11.7. The third-order valence-electron chi connectivity index (χ3n) is 1.76. The van der Waals surface area contributed by atoms with Gasteiger partial charge in [0, 0.05) is 26.5 Å². The lowest BCUT2D eigenvalue weighted by molar-refractivity contribution is 0.0697. The van der Waals surface area contributed by atoms with Gasteiger partial charge in [0.1, 0.15) is 17.7 Å². The largest absolute Gasteiger partial charge is 0.477 e. The quantitative estimate of drug-likeness (QED) is 0.671. The van der Waals surface area contributed by atoms with Gasteiger partial charge in [0.05, 0.1) is 0 Å². The van der Waals surface area contributed by atoms with Gasteiger partial charge in [0.2, 0.25) is 0 Å². The number of carboxylic acid groups (broad SMARTS) is 1. The number of aromatic carboxylic acids is 1. The summed E-state index contributed by atoms with van der Waals surface area (Å²) in [7, 11) is 1.62. The van der Waals surface area contributed by atoms with Gasteiger partial charge in [-0.15, -0.1) is 0 Å².